The van der Waals surface area contributed by atoms with Crippen molar-refractivity contribution >= 4 is 46.3 Å². The van der Waals surface area contributed by atoms with Crippen molar-refractivity contribution in [3.05, 3.63) is 34.3 Å². The van der Waals surface area contributed by atoms with Gasteiger partial charge in [0.1, 0.15) is 11.4 Å². The van der Waals surface area contributed by atoms with Gasteiger partial charge in [0.05, 0.1) is 36.5 Å². The minimum atomic E-state index is -1.42. The van der Waals surface area contributed by atoms with Gasteiger partial charge in [0.15, 0.2) is 23.0 Å². The molecule has 0 aliphatic heterocycles. The average Bonchev–Trinajstić information content (AvgIpc) is 2.79. The summed E-state index contributed by atoms with van der Waals surface area (Å²) in [5, 5.41) is 11.2. The summed E-state index contributed by atoms with van der Waals surface area (Å²) in [5.74, 6) is 0.305. The summed E-state index contributed by atoms with van der Waals surface area (Å²) in [6.07, 6.45) is 0. The van der Waals surface area contributed by atoms with Gasteiger partial charge in [-0.15, -0.1) is 0 Å². The second-order valence-corrected chi connectivity index (χ2v) is 7.80. The van der Waals surface area contributed by atoms with E-state index < -0.39 is 17.7 Å². The Morgan fingerprint density at radius 3 is 2.03 bits per heavy atom. The zero-order valence-electron chi connectivity index (χ0n) is 20.3. The standard InChI is InChI=1S/C24H29Cl2N3O6/c1-6-32-19-13-20(33-7-2)18(12-16(19)25)28-29-22(14(5)30)24(31)27-15-10-17(26)23(35-9-4)21(11-15)34-8-3/h10-13,22H,6-9H2,1-5H3,(H,27,31). The topological polar surface area (TPSA) is 108 Å². The molecule has 1 unspecified atom stereocenters. The van der Waals surface area contributed by atoms with Crippen LogP contribution in [0.25, 0.3) is 0 Å². The second kappa shape index (κ2) is 13.7. The van der Waals surface area contributed by atoms with E-state index in [1.165, 1.54) is 19.1 Å². The molecule has 11 heteroatoms. The minimum Gasteiger partial charge on any atom is -0.492 e. The molecule has 0 radical (unpaired) electrons. The maximum absolute atomic E-state index is 12.9. The van der Waals surface area contributed by atoms with Crippen LogP contribution in [0, 0.1) is 0 Å². The molecule has 1 atom stereocenters. The van der Waals surface area contributed by atoms with Crippen LogP contribution in [0.2, 0.25) is 10.0 Å². The monoisotopic (exact) mass is 525 g/mol. The van der Waals surface area contributed by atoms with Gasteiger partial charge in [-0.1, -0.05) is 23.2 Å². The zero-order valence-corrected chi connectivity index (χ0v) is 21.8. The molecule has 0 saturated heterocycles. The first-order valence-electron chi connectivity index (χ1n) is 11.2. The van der Waals surface area contributed by atoms with Gasteiger partial charge in [0.25, 0.3) is 5.91 Å². The number of azo groups is 1. The van der Waals surface area contributed by atoms with Crippen molar-refractivity contribution in [1.29, 1.82) is 0 Å². The third-order valence-electron chi connectivity index (χ3n) is 4.39. The highest BCUT2D eigenvalue weighted by molar-refractivity contribution is 6.33. The van der Waals surface area contributed by atoms with Crippen molar-refractivity contribution in [3.8, 4) is 23.0 Å². The number of ether oxygens (including phenoxy) is 4. The number of amides is 1. The Morgan fingerprint density at radius 1 is 0.829 bits per heavy atom. The number of carbonyl (C=O) groups is 2. The Balaban J connectivity index is 2.33. The van der Waals surface area contributed by atoms with Gasteiger partial charge in [-0.2, -0.15) is 10.2 Å². The molecule has 0 spiro atoms. The number of rotatable bonds is 13. The van der Waals surface area contributed by atoms with Crippen molar-refractivity contribution in [1.82, 2.24) is 0 Å². The van der Waals surface area contributed by atoms with Crippen molar-refractivity contribution < 1.29 is 28.5 Å². The van der Waals surface area contributed by atoms with Gasteiger partial charge < -0.3 is 24.3 Å². The fourth-order valence-corrected chi connectivity index (χ4v) is 3.45. The van der Waals surface area contributed by atoms with E-state index in [2.05, 4.69) is 15.5 Å². The first-order chi connectivity index (χ1) is 16.7. The molecule has 0 saturated carbocycles. The fraction of sp³-hybridized carbons (Fsp3) is 0.417. The number of hydrogen-bond donors (Lipinski definition) is 1. The van der Waals surface area contributed by atoms with E-state index in [9.17, 15) is 9.59 Å². The number of nitrogens with zero attached hydrogens (tertiary/aromatic N) is 2. The summed E-state index contributed by atoms with van der Waals surface area (Å²) in [5.41, 5.74) is 0.564. The van der Waals surface area contributed by atoms with Crippen LogP contribution >= 0.6 is 23.2 Å². The summed E-state index contributed by atoms with van der Waals surface area (Å²) >= 11 is 12.6. The van der Waals surface area contributed by atoms with Gasteiger partial charge in [-0.25, -0.2) is 0 Å². The molecule has 0 aromatic heterocycles. The van der Waals surface area contributed by atoms with E-state index in [1.54, 1.807) is 19.1 Å². The van der Waals surface area contributed by atoms with Crippen LogP contribution in [0.15, 0.2) is 34.5 Å². The molecule has 0 bridgehead atoms. The predicted molar refractivity (Wildman–Crippen MR) is 135 cm³/mol. The van der Waals surface area contributed by atoms with Crippen molar-refractivity contribution in [2.75, 3.05) is 31.7 Å². The van der Waals surface area contributed by atoms with Crippen LogP contribution in [-0.4, -0.2) is 44.2 Å². The number of Topliss-reactive ketones (excluding diaryl/α,β-unsaturated/α-hetero) is 1. The average molecular weight is 526 g/mol. The molecule has 1 amide bonds. The molecule has 9 nitrogen and oxygen atoms in total. The molecular formula is C24H29Cl2N3O6. The molecule has 2 rings (SSSR count). The summed E-state index contributed by atoms with van der Waals surface area (Å²) in [6, 6.07) is 4.73. The Bertz CT molecular complexity index is 1080. The number of hydrogen-bond acceptors (Lipinski definition) is 8. The summed E-state index contributed by atoms with van der Waals surface area (Å²) in [4.78, 5) is 25.1. The SMILES string of the molecule is CCOc1cc(OCC)c(N=NC(C(C)=O)C(=O)Nc2cc(Cl)c(OCC)c(OCC)c2)cc1Cl. The lowest BCUT2D eigenvalue weighted by atomic mass is 10.2. The van der Waals surface area contributed by atoms with Crippen LogP contribution in [-0.2, 0) is 9.59 Å². The van der Waals surface area contributed by atoms with Crippen LogP contribution in [0.4, 0.5) is 11.4 Å². The van der Waals surface area contributed by atoms with E-state index in [1.807, 2.05) is 20.8 Å². The summed E-state index contributed by atoms with van der Waals surface area (Å²) in [6.45, 7) is 10.0. The van der Waals surface area contributed by atoms with Crippen LogP contribution in [0.3, 0.4) is 0 Å². The normalized spacial score (nSPS) is 11.7. The van der Waals surface area contributed by atoms with E-state index in [-0.39, 0.29) is 10.7 Å². The highest BCUT2D eigenvalue weighted by Crippen LogP contribution is 2.39. The quantitative estimate of drug-likeness (QED) is 0.244. The molecule has 1 N–H and O–H groups in total. The highest BCUT2D eigenvalue weighted by Gasteiger charge is 2.25. The third kappa shape index (κ3) is 7.73. The Kier molecular flexibility index (Phi) is 11.1. The molecular weight excluding hydrogens is 497 g/mol. The molecule has 0 aliphatic carbocycles. The Morgan fingerprint density at radius 2 is 1.43 bits per heavy atom. The lowest BCUT2D eigenvalue weighted by Gasteiger charge is -2.16. The van der Waals surface area contributed by atoms with Crippen molar-refractivity contribution in [3.63, 3.8) is 0 Å². The number of nitrogens with one attached hydrogen (secondary N) is 1. The van der Waals surface area contributed by atoms with E-state index in [4.69, 9.17) is 42.1 Å². The Hall–Kier alpha value is -3.04. The van der Waals surface area contributed by atoms with Crippen LogP contribution in [0.1, 0.15) is 34.6 Å². The maximum atomic E-state index is 12.9. The third-order valence-corrected chi connectivity index (χ3v) is 4.97. The maximum Gasteiger partial charge on any atom is 0.258 e. The number of halogens is 2. The van der Waals surface area contributed by atoms with E-state index in [0.717, 1.165) is 0 Å². The van der Waals surface area contributed by atoms with Gasteiger partial charge in [0, 0.05) is 17.8 Å². The largest absolute Gasteiger partial charge is 0.492 e. The van der Waals surface area contributed by atoms with Crippen molar-refractivity contribution in [2.24, 2.45) is 10.2 Å². The highest BCUT2D eigenvalue weighted by atomic mass is 35.5. The smallest absolute Gasteiger partial charge is 0.258 e. The molecule has 0 aliphatic rings. The molecule has 2 aromatic rings. The number of carbonyl (C=O) groups excluding carboxylic acids is 2. The lowest BCUT2D eigenvalue weighted by Crippen LogP contribution is -2.31. The second-order valence-electron chi connectivity index (χ2n) is 6.99. The summed E-state index contributed by atoms with van der Waals surface area (Å²) < 4.78 is 22.2. The molecule has 0 heterocycles. The number of anilines is 1. The van der Waals surface area contributed by atoms with Gasteiger partial charge in [0.2, 0.25) is 6.04 Å². The predicted octanol–water partition coefficient (Wildman–Crippen LogP) is 6.27. The minimum absolute atomic E-state index is 0.250. The molecule has 0 fully saturated rings. The molecule has 35 heavy (non-hydrogen) atoms. The lowest BCUT2D eigenvalue weighted by molar-refractivity contribution is -0.126. The van der Waals surface area contributed by atoms with E-state index >= 15 is 0 Å². The molecule has 190 valence electrons. The fourth-order valence-electron chi connectivity index (χ4n) is 2.98. The molecule has 2 aromatic carbocycles. The van der Waals surface area contributed by atoms with Crippen molar-refractivity contribution in [2.45, 2.75) is 40.7 Å². The van der Waals surface area contributed by atoms with Crippen LogP contribution < -0.4 is 24.3 Å². The summed E-state index contributed by atoms with van der Waals surface area (Å²) in [7, 11) is 0. The first kappa shape index (κ1) is 28.2. The zero-order chi connectivity index (χ0) is 26.0. The van der Waals surface area contributed by atoms with Gasteiger partial charge in [-0.3, -0.25) is 9.59 Å². The number of ketones is 1. The van der Waals surface area contributed by atoms with E-state index in [0.29, 0.717) is 60.1 Å². The number of benzene rings is 2. The Labute approximate surface area is 214 Å². The van der Waals surface area contributed by atoms with Gasteiger partial charge in [-0.05, 0) is 46.8 Å². The van der Waals surface area contributed by atoms with Gasteiger partial charge >= 0.3 is 0 Å². The first-order valence-corrected chi connectivity index (χ1v) is 11.9. The van der Waals surface area contributed by atoms with Crippen LogP contribution in [0.5, 0.6) is 23.0 Å².